The second-order valence-corrected chi connectivity index (χ2v) is 4.68. The van der Waals surface area contributed by atoms with Gasteiger partial charge in [-0.15, -0.1) is 0 Å². The van der Waals surface area contributed by atoms with Crippen LogP contribution in [0.15, 0.2) is 42.7 Å². The van der Waals surface area contributed by atoms with E-state index in [9.17, 15) is 0 Å². The van der Waals surface area contributed by atoms with Crippen molar-refractivity contribution in [2.45, 2.75) is 11.8 Å². The van der Waals surface area contributed by atoms with Crippen LogP contribution in [0.25, 0.3) is 11.3 Å². The van der Waals surface area contributed by atoms with Gasteiger partial charge in [0, 0.05) is 5.56 Å². The number of hydrogen-bond acceptors (Lipinski definition) is 2. The van der Waals surface area contributed by atoms with Gasteiger partial charge in [0.05, 0.1) is 28.6 Å². The highest BCUT2D eigenvalue weighted by Crippen LogP contribution is 2.20. The van der Waals surface area contributed by atoms with Crippen LogP contribution in [-0.2, 0) is 0 Å². The van der Waals surface area contributed by atoms with E-state index in [4.69, 9.17) is 0 Å². The standard InChI is InChI=1S/C12H11BrN2/c1-9(13)11-7-15-12(8-14-11)10-5-3-2-4-6-10/h2-9H,1H3. The van der Waals surface area contributed by atoms with Gasteiger partial charge in [0.15, 0.2) is 0 Å². The Morgan fingerprint density at radius 2 is 1.80 bits per heavy atom. The molecule has 1 atom stereocenters. The molecule has 15 heavy (non-hydrogen) atoms. The Balaban J connectivity index is 2.32. The Morgan fingerprint density at radius 1 is 1.07 bits per heavy atom. The number of hydrogen-bond donors (Lipinski definition) is 0. The summed E-state index contributed by atoms with van der Waals surface area (Å²) < 4.78 is 0. The Kier molecular flexibility index (Phi) is 3.11. The first kappa shape index (κ1) is 10.3. The van der Waals surface area contributed by atoms with Crippen LogP contribution in [0.1, 0.15) is 17.4 Å². The Labute approximate surface area is 97.5 Å². The first-order chi connectivity index (χ1) is 7.27. The van der Waals surface area contributed by atoms with E-state index in [1.165, 1.54) is 0 Å². The molecule has 0 saturated heterocycles. The number of alkyl halides is 1. The average Bonchev–Trinajstić information content (AvgIpc) is 2.30. The quantitative estimate of drug-likeness (QED) is 0.773. The van der Waals surface area contributed by atoms with Gasteiger partial charge in [-0.1, -0.05) is 46.3 Å². The average molecular weight is 263 g/mol. The number of benzene rings is 1. The van der Waals surface area contributed by atoms with Crippen LogP contribution in [-0.4, -0.2) is 9.97 Å². The zero-order valence-electron chi connectivity index (χ0n) is 8.39. The maximum Gasteiger partial charge on any atom is 0.0885 e. The minimum absolute atomic E-state index is 0.245. The van der Waals surface area contributed by atoms with Crippen molar-refractivity contribution < 1.29 is 0 Å². The lowest BCUT2D eigenvalue weighted by Crippen LogP contribution is -1.92. The van der Waals surface area contributed by atoms with Crippen LogP contribution >= 0.6 is 15.9 Å². The van der Waals surface area contributed by atoms with Gasteiger partial charge in [0.2, 0.25) is 0 Å². The zero-order chi connectivity index (χ0) is 10.7. The molecular weight excluding hydrogens is 252 g/mol. The molecule has 1 aromatic carbocycles. The third kappa shape index (κ3) is 2.42. The lowest BCUT2D eigenvalue weighted by Gasteiger charge is -2.03. The van der Waals surface area contributed by atoms with Crippen LogP contribution in [0, 0.1) is 0 Å². The Hall–Kier alpha value is -1.22. The van der Waals surface area contributed by atoms with Gasteiger partial charge in [-0.05, 0) is 6.92 Å². The van der Waals surface area contributed by atoms with Crippen molar-refractivity contribution in [2.75, 3.05) is 0 Å². The summed E-state index contributed by atoms with van der Waals surface area (Å²) in [5.74, 6) is 0. The molecule has 0 fully saturated rings. The summed E-state index contributed by atoms with van der Waals surface area (Å²) in [6, 6.07) is 10.0. The van der Waals surface area contributed by atoms with Crippen LogP contribution in [0.3, 0.4) is 0 Å². The van der Waals surface area contributed by atoms with Crippen molar-refractivity contribution in [1.82, 2.24) is 9.97 Å². The highest BCUT2D eigenvalue weighted by atomic mass is 79.9. The summed E-state index contributed by atoms with van der Waals surface area (Å²) in [4.78, 5) is 8.97. The maximum absolute atomic E-state index is 4.38. The SMILES string of the molecule is CC(Br)c1cnc(-c2ccccc2)cn1. The second kappa shape index (κ2) is 4.53. The predicted octanol–water partition coefficient (Wildman–Crippen LogP) is 3.60. The molecule has 0 bridgehead atoms. The van der Waals surface area contributed by atoms with Gasteiger partial charge in [0.1, 0.15) is 0 Å². The number of rotatable bonds is 2. The highest BCUT2D eigenvalue weighted by Gasteiger charge is 2.03. The van der Waals surface area contributed by atoms with E-state index in [0.29, 0.717) is 0 Å². The molecule has 3 heteroatoms. The molecule has 0 saturated carbocycles. The van der Waals surface area contributed by atoms with E-state index in [1.807, 2.05) is 49.6 Å². The molecule has 0 N–H and O–H groups in total. The fourth-order valence-corrected chi connectivity index (χ4v) is 1.54. The molecule has 2 rings (SSSR count). The Bertz CT molecular complexity index is 423. The number of halogens is 1. The number of nitrogens with zero attached hydrogens (tertiary/aromatic N) is 2. The monoisotopic (exact) mass is 262 g/mol. The van der Waals surface area contributed by atoms with E-state index in [1.54, 1.807) is 0 Å². The maximum atomic E-state index is 4.38. The zero-order valence-corrected chi connectivity index (χ0v) is 9.98. The van der Waals surface area contributed by atoms with Crippen molar-refractivity contribution in [2.24, 2.45) is 0 Å². The van der Waals surface area contributed by atoms with Crippen molar-refractivity contribution in [3.8, 4) is 11.3 Å². The summed E-state index contributed by atoms with van der Waals surface area (Å²) in [5.41, 5.74) is 2.96. The largest absolute Gasteiger partial charge is 0.256 e. The molecule has 0 radical (unpaired) electrons. The molecule has 1 heterocycles. The van der Waals surface area contributed by atoms with Gasteiger partial charge in [0.25, 0.3) is 0 Å². The third-order valence-corrected chi connectivity index (χ3v) is 2.62. The minimum atomic E-state index is 0.245. The van der Waals surface area contributed by atoms with Crippen LogP contribution in [0.4, 0.5) is 0 Å². The molecule has 2 nitrogen and oxygen atoms in total. The molecule has 0 aliphatic rings. The molecule has 76 valence electrons. The lowest BCUT2D eigenvalue weighted by molar-refractivity contribution is 0.993. The van der Waals surface area contributed by atoms with Crippen molar-refractivity contribution in [3.63, 3.8) is 0 Å². The van der Waals surface area contributed by atoms with Gasteiger partial charge in [-0.25, -0.2) is 0 Å². The molecule has 0 aliphatic carbocycles. The molecular formula is C12H11BrN2. The summed E-state index contributed by atoms with van der Waals surface area (Å²) in [6.07, 6.45) is 3.62. The summed E-state index contributed by atoms with van der Waals surface area (Å²) >= 11 is 3.46. The van der Waals surface area contributed by atoms with Crippen molar-refractivity contribution >= 4 is 15.9 Å². The summed E-state index contributed by atoms with van der Waals surface area (Å²) in [6.45, 7) is 2.03. The van der Waals surface area contributed by atoms with E-state index in [-0.39, 0.29) is 4.83 Å². The summed E-state index contributed by atoms with van der Waals surface area (Å²) in [7, 11) is 0. The smallest absolute Gasteiger partial charge is 0.0885 e. The van der Waals surface area contributed by atoms with Crippen LogP contribution in [0.2, 0.25) is 0 Å². The molecule has 0 aliphatic heterocycles. The minimum Gasteiger partial charge on any atom is -0.256 e. The van der Waals surface area contributed by atoms with Crippen LogP contribution in [0.5, 0.6) is 0 Å². The first-order valence-electron chi connectivity index (χ1n) is 4.79. The Morgan fingerprint density at radius 3 is 2.33 bits per heavy atom. The number of aromatic nitrogens is 2. The van der Waals surface area contributed by atoms with E-state index in [0.717, 1.165) is 17.0 Å². The fourth-order valence-electron chi connectivity index (χ4n) is 1.30. The molecule has 0 amide bonds. The fraction of sp³-hybridized carbons (Fsp3) is 0.167. The molecule has 1 aromatic heterocycles. The predicted molar refractivity (Wildman–Crippen MR) is 64.8 cm³/mol. The van der Waals surface area contributed by atoms with Gasteiger partial charge in [-0.2, -0.15) is 0 Å². The lowest BCUT2D eigenvalue weighted by atomic mass is 10.2. The van der Waals surface area contributed by atoms with E-state index in [2.05, 4.69) is 25.9 Å². The van der Waals surface area contributed by atoms with E-state index < -0.39 is 0 Å². The molecule has 1 unspecified atom stereocenters. The van der Waals surface area contributed by atoms with Crippen molar-refractivity contribution in [1.29, 1.82) is 0 Å². The molecule has 0 spiro atoms. The third-order valence-electron chi connectivity index (χ3n) is 2.15. The van der Waals surface area contributed by atoms with Crippen LogP contribution < -0.4 is 0 Å². The normalized spacial score (nSPS) is 12.4. The van der Waals surface area contributed by atoms with Gasteiger partial charge < -0.3 is 0 Å². The first-order valence-corrected chi connectivity index (χ1v) is 5.70. The highest BCUT2D eigenvalue weighted by molar-refractivity contribution is 9.09. The molecule has 2 aromatic rings. The van der Waals surface area contributed by atoms with E-state index >= 15 is 0 Å². The summed E-state index contributed by atoms with van der Waals surface area (Å²) in [5, 5.41) is 0. The van der Waals surface area contributed by atoms with Gasteiger partial charge in [-0.3, -0.25) is 9.97 Å². The topological polar surface area (TPSA) is 25.8 Å². The second-order valence-electron chi connectivity index (χ2n) is 3.31. The van der Waals surface area contributed by atoms with Gasteiger partial charge >= 0.3 is 0 Å². The van der Waals surface area contributed by atoms with Crippen molar-refractivity contribution in [3.05, 3.63) is 48.4 Å².